The molecule has 3 rings (SSSR count). The third kappa shape index (κ3) is 1.80. The van der Waals surface area contributed by atoms with E-state index in [4.69, 9.17) is 9.47 Å². The Balaban J connectivity index is 2.30. The lowest BCUT2D eigenvalue weighted by molar-refractivity contribution is -0.113. The number of carbonyl (C=O) groups excluding carboxylic acids is 2. The molecule has 6 nitrogen and oxygen atoms in total. The van der Waals surface area contributed by atoms with Crippen molar-refractivity contribution in [3.05, 3.63) is 34.4 Å². The van der Waals surface area contributed by atoms with E-state index in [9.17, 15) is 19.8 Å². The van der Waals surface area contributed by atoms with Crippen LogP contribution in [0, 0.1) is 0 Å². The van der Waals surface area contributed by atoms with Crippen LogP contribution in [0.1, 0.15) is 59.5 Å². The van der Waals surface area contributed by atoms with E-state index in [0.717, 1.165) is 0 Å². The molecule has 0 saturated carbocycles. The number of esters is 2. The number of hydrogen-bond acceptors (Lipinski definition) is 6. The number of aliphatic hydroxyl groups excluding tert-OH is 2. The van der Waals surface area contributed by atoms with Gasteiger partial charge in [0.2, 0.25) is 12.6 Å². The smallest absolute Gasteiger partial charge is 0.340 e. The standard InChI is InChI=1S/C16H18O6/c1-15(2)9-5-8-10(6-7(9)11(17)21-13(15)19)16(3,4)14(20)22-12(8)18/h5-6,13-14,19-20H,1-4H3. The van der Waals surface area contributed by atoms with Crippen molar-refractivity contribution >= 4 is 11.9 Å². The van der Waals surface area contributed by atoms with E-state index in [1.165, 1.54) is 0 Å². The van der Waals surface area contributed by atoms with E-state index in [-0.39, 0.29) is 0 Å². The topological polar surface area (TPSA) is 93.1 Å². The lowest BCUT2D eigenvalue weighted by atomic mass is 9.73. The van der Waals surface area contributed by atoms with Gasteiger partial charge in [0.05, 0.1) is 22.0 Å². The molecule has 0 aromatic heterocycles. The van der Waals surface area contributed by atoms with Gasteiger partial charge >= 0.3 is 11.9 Å². The third-order valence-electron chi connectivity index (χ3n) is 4.66. The van der Waals surface area contributed by atoms with Crippen LogP contribution in [-0.2, 0) is 20.3 Å². The first-order chi connectivity index (χ1) is 10.1. The van der Waals surface area contributed by atoms with Crippen molar-refractivity contribution in [2.45, 2.75) is 51.1 Å². The number of fused-ring (bicyclic) bond motifs is 2. The van der Waals surface area contributed by atoms with Crippen molar-refractivity contribution in [1.29, 1.82) is 0 Å². The predicted octanol–water partition coefficient (Wildman–Crippen LogP) is 1.22. The molecule has 0 spiro atoms. The molecule has 2 N–H and O–H groups in total. The molecule has 2 unspecified atom stereocenters. The van der Waals surface area contributed by atoms with E-state index in [1.807, 2.05) is 0 Å². The van der Waals surface area contributed by atoms with Gasteiger partial charge in [0.1, 0.15) is 0 Å². The van der Waals surface area contributed by atoms with E-state index in [1.54, 1.807) is 39.8 Å². The molecule has 0 aliphatic carbocycles. The van der Waals surface area contributed by atoms with Crippen LogP contribution in [0.15, 0.2) is 12.1 Å². The Morgan fingerprint density at radius 3 is 1.45 bits per heavy atom. The fraction of sp³-hybridized carbons (Fsp3) is 0.500. The minimum atomic E-state index is -1.29. The average Bonchev–Trinajstić information content (AvgIpc) is 2.42. The number of aliphatic hydroxyl groups is 2. The first-order valence-corrected chi connectivity index (χ1v) is 7.04. The maximum Gasteiger partial charge on any atom is 0.340 e. The molecule has 0 bridgehead atoms. The summed E-state index contributed by atoms with van der Waals surface area (Å²) in [5.41, 5.74) is -0.0522. The predicted molar refractivity (Wildman–Crippen MR) is 75.3 cm³/mol. The van der Waals surface area contributed by atoms with Gasteiger partial charge in [-0.3, -0.25) is 0 Å². The molecule has 2 aliphatic rings. The summed E-state index contributed by atoms with van der Waals surface area (Å²) in [6.45, 7) is 6.90. The highest BCUT2D eigenvalue weighted by Gasteiger charge is 2.46. The Kier molecular flexibility index (Phi) is 2.93. The third-order valence-corrected chi connectivity index (χ3v) is 4.66. The van der Waals surface area contributed by atoms with E-state index >= 15 is 0 Å². The van der Waals surface area contributed by atoms with Gasteiger partial charge in [-0.05, 0) is 51.0 Å². The summed E-state index contributed by atoms with van der Waals surface area (Å²) < 4.78 is 9.96. The van der Waals surface area contributed by atoms with Crippen LogP contribution in [0.5, 0.6) is 0 Å². The van der Waals surface area contributed by atoms with Crippen LogP contribution in [0.3, 0.4) is 0 Å². The Morgan fingerprint density at radius 1 is 0.818 bits per heavy atom. The van der Waals surface area contributed by atoms with Crippen LogP contribution in [-0.4, -0.2) is 34.7 Å². The molecular formula is C16H18O6. The minimum Gasteiger partial charge on any atom is -0.431 e. The highest BCUT2D eigenvalue weighted by Crippen LogP contribution is 2.42. The molecule has 118 valence electrons. The zero-order valence-electron chi connectivity index (χ0n) is 12.8. The second kappa shape index (κ2) is 4.30. The van der Waals surface area contributed by atoms with Gasteiger partial charge in [-0.25, -0.2) is 9.59 Å². The summed E-state index contributed by atoms with van der Waals surface area (Å²) in [5.74, 6) is -1.29. The molecule has 2 heterocycles. The molecule has 0 amide bonds. The molecular weight excluding hydrogens is 288 g/mol. The van der Waals surface area contributed by atoms with Crippen molar-refractivity contribution < 1.29 is 29.3 Å². The molecule has 0 fully saturated rings. The number of ether oxygens (including phenoxy) is 2. The van der Waals surface area contributed by atoms with E-state index < -0.39 is 35.3 Å². The fourth-order valence-corrected chi connectivity index (χ4v) is 2.89. The zero-order valence-corrected chi connectivity index (χ0v) is 12.8. The van der Waals surface area contributed by atoms with Gasteiger partial charge in [0.25, 0.3) is 0 Å². The van der Waals surface area contributed by atoms with Gasteiger partial charge in [0, 0.05) is 0 Å². The SMILES string of the molecule is CC1(C)c2cc3c(cc2C(=O)OC1O)C(C)(C)C(O)OC3=O. The van der Waals surface area contributed by atoms with E-state index in [0.29, 0.717) is 22.3 Å². The van der Waals surface area contributed by atoms with E-state index in [2.05, 4.69) is 0 Å². The molecule has 22 heavy (non-hydrogen) atoms. The number of benzene rings is 1. The van der Waals surface area contributed by atoms with Gasteiger partial charge < -0.3 is 19.7 Å². The van der Waals surface area contributed by atoms with Gasteiger partial charge in [0.15, 0.2) is 0 Å². The number of carbonyl (C=O) groups is 2. The van der Waals surface area contributed by atoms with Crippen LogP contribution in [0.25, 0.3) is 0 Å². The Bertz CT molecular complexity index is 628. The molecule has 1 aromatic rings. The molecule has 2 atom stereocenters. The first kappa shape index (κ1) is 15.0. The fourth-order valence-electron chi connectivity index (χ4n) is 2.89. The summed E-state index contributed by atoms with van der Waals surface area (Å²) in [6, 6.07) is 3.12. The Labute approximate surface area is 127 Å². The summed E-state index contributed by atoms with van der Waals surface area (Å²) >= 11 is 0. The molecule has 0 saturated heterocycles. The molecule has 1 aromatic carbocycles. The highest BCUT2D eigenvalue weighted by atomic mass is 16.6. The van der Waals surface area contributed by atoms with Crippen LogP contribution in [0.4, 0.5) is 0 Å². The largest absolute Gasteiger partial charge is 0.431 e. The summed E-state index contributed by atoms with van der Waals surface area (Å²) in [6.07, 6.45) is -2.58. The van der Waals surface area contributed by atoms with Gasteiger partial charge in [-0.15, -0.1) is 0 Å². The normalized spacial score (nSPS) is 28.3. The summed E-state index contributed by atoms with van der Waals surface area (Å²) in [4.78, 5) is 24.2. The van der Waals surface area contributed by atoms with Gasteiger partial charge in [-0.2, -0.15) is 0 Å². The molecule has 0 radical (unpaired) electrons. The maximum absolute atomic E-state index is 12.1. The van der Waals surface area contributed by atoms with Gasteiger partial charge in [-0.1, -0.05) is 0 Å². The Morgan fingerprint density at radius 2 is 1.14 bits per heavy atom. The second-order valence-corrected chi connectivity index (χ2v) is 6.90. The first-order valence-electron chi connectivity index (χ1n) is 7.04. The lowest BCUT2D eigenvalue weighted by Gasteiger charge is -2.40. The molecule has 2 aliphatic heterocycles. The Hall–Kier alpha value is -1.92. The van der Waals surface area contributed by atoms with Crippen molar-refractivity contribution in [2.24, 2.45) is 0 Å². The highest BCUT2D eigenvalue weighted by molar-refractivity contribution is 5.98. The van der Waals surface area contributed by atoms with Crippen molar-refractivity contribution in [3.63, 3.8) is 0 Å². The van der Waals surface area contributed by atoms with Crippen LogP contribution < -0.4 is 0 Å². The monoisotopic (exact) mass is 306 g/mol. The van der Waals surface area contributed by atoms with Crippen LogP contribution in [0.2, 0.25) is 0 Å². The minimum absolute atomic E-state index is 0.295. The second-order valence-electron chi connectivity index (χ2n) is 6.90. The number of hydrogen-bond donors (Lipinski definition) is 2. The van der Waals surface area contributed by atoms with Crippen LogP contribution >= 0.6 is 0 Å². The van der Waals surface area contributed by atoms with Crippen molar-refractivity contribution in [3.8, 4) is 0 Å². The number of rotatable bonds is 0. The molecule has 6 heteroatoms. The van der Waals surface area contributed by atoms with Crippen molar-refractivity contribution in [2.75, 3.05) is 0 Å². The lowest BCUT2D eigenvalue weighted by Crippen LogP contribution is -2.46. The quantitative estimate of drug-likeness (QED) is 0.700. The average molecular weight is 306 g/mol. The van der Waals surface area contributed by atoms with Crippen molar-refractivity contribution in [1.82, 2.24) is 0 Å². The maximum atomic E-state index is 12.1. The number of cyclic esters (lactones) is 2. The summed E-state index contributed by atoms with van der Waals surface area (Å²) in [5, 5.41) is 19.9. The summed E-state index contributed by atoms with van der Waals surface area (Å²) in [7, 11) is 0. The zero-order chi connectivity index (χ0) is 16.4.